The standard InChI is InChI=1S/C12H11BrFN3/c13-9-1-2-11(14)10(7-9)12(17-15)8-3-5-16-6-4-8/h1-7,12,17H,15H2. The molecule has 3 N–H and O–H groups in total. The van der Waals surface area contributed by atoms with Crippen LogP contribution in [0.25, 0.3) is 0 Å². The van der Waals surface area contributed by atoms with E-state index in [1.807, 2.05) is 0 Å². The van der Waals surface area contributed by atoms with E-state index in [1.165, 1.54) is 6.07 Å². The second-order valence-electron chi connectivity index (χ2n) is 3.55. The molecule has 0 radical (unpaired) electrons. The van der Waals surface area contributed by atoms with Crippen molar-refractivity contribution >= 4 is 15.9 Å². The molecule has 0 saturated carbocycles. The highest BCUT2D eigenvalue weighted by Gasteiger charge is 2.16. The van der Waals surface area contributed by atoms with E-state index in [0.29, 0.717) is 5.56 Å². The molecule has 5 heteroatoms. The molecule has 1 unspecified atom stereocenters. The maximum Gasteiger partial charge on any atom is 0.128 e. The molecule has 0 aliphatic carbocycles. The highest BCUT2D eigenvalue weighted by atomic mass is 79.9. The van der Waals surface area contributed by atoms with Crippen LogP contribution in [-0.4, -0.2) is 4.98 Å². The number of hydrazine groups is 1. The van der Waals surface area contributed by atoms with Gasteiger partial charge >= 0.3 is 0 Å². The average molecular weight is 296 g/mol. The van der Waals surface area contributed by atoms with Crippen molar-refractivity contribution in [1.29, 1.82) is 0 Å². The third kappa shape index (κ3) is 2.69. The van der Waals surface area contributed by atoms with Crippen LogP contribution < -0.4 is 11.3 Å². The Morgan fingerprint density at radius 2 is 1.94 bits per heavy atom. The molecule has 0 saturated heterocycles. The molecule has 1 atom stereocenters. The lowest BCUT2D eigenvalue weighted by atomic mass is 10.00. The first-order valence-electron chi connectivity index (χ1n) is 5.03. The van der Waals surface area contributed by atoms with E-state index in [-0.39, 0.29) is 5.82 Å². The number of pyridine rings is 1. The van der Waals surface area contributed by atoms with E-state index >= 15 is 0 Å². The predicted octanol–water partition coefficient (Wildman–Crippen LogP) is 2.54. The van der Waals surface area contributed by atoms with Crippen molar-refractivity contribution in [1.82, 2.24) is 10.4 Å². The molecule has 17 heavy (non-hydrogen) atoms. The smallest absolute Gasteiger partial charge is 0.128 e. The fraction of sp³-hybridized carbons (Fsp3) is 0.0833. The van der Waals surface area contributed by atoms with Crippen molar-refractivity contribution in [3.63, 3.8) is 0 Å². The topological polar surface area (TPSA) is 50.9 Å². The monoisotopic (exact) mass is 295 g/mol. The molecule has 0 fully saturated rings. The molecular weight excluding hydrogens is 285 g/mol. The van der Waals surface area contributed by atoms with Crippen molar-refractivity contribution in [2.45, 2.75) is 6.04 Å². The van der Waals surface area contributed by atoms with Crippen LogP contribution in [0.15, 0.2) is 47.2 Å². The number of aromatic nitrogens is 1. The zero-order chi connectivity index (χ0) is 12.3. The van der Waals surface area contributed by atoms with E-state index < -0.39 is 6.04 Å². The first-order chi connectivity index (χ1) is 8.22. The van der Waals surface area contributed by atoms with Gasteiger partial charge in [0.1, 0.15) is 5.82 Å². The van der Waals surface area contributed by atoms with Crippen LogP contribution in [0.4, 0.5) is 4.39 Å². The van der Waals surface area contributed by atoms with Crippen molar-refractivity contribution in [2.24, 2.45) is 5.84 Å². The van der Waals surface area contributed by atoms with Gasteiger partial charge in [0, 0.05) is 22.4 Å². The molecule has 0 aliphatic heterocycles. The number of rotatable bonds is 3. The van der Waals surface area contributed by atoms with E-state index in [4.69, 9.17) is 5.84 Å². The molecule has 2 rings (SSSR count). The molecule has 3 nitrogen and oxygen atoms in total. The Morgan fingerprint density at radius 3 is 2.59 bits per heavy atom. The fourth-order valence-electron chi connectivity index (χ4n) is 1.66. The van der Waals surface area contributed by atoms with Gasteiger partial charge in [-0.1, -0.05) is 15.9 Å². The van der Waals surface area contributed by atoms with Gasteiger partial charge in [0.05, 0.1) is 6.04 Å². The Balaban J connectivity index is 2.46. The summed E-state index contributed by atoms with van der Waals surface area (Å²) in [5.41, 5.74) is 3.97. The molecule has 0 aliphatic rings. The summed E-state index contributed by atoms with van der Waals surface area (Å²) in [5, 5.41) is 0. The first kappa shape index (κ1) is 12.2. The van der Waals surface area contributed by atoms with Crippen molar-refractivity contribution in [3.8, 4) is 0 Å². The Kier molecular flexibility index (Phi) is 3.83. The molecule has 88 valence electrons. The minimum absolute atomic E-state index is 0.298. The Morgan fingerprint density at radius 1 is 1.24 bits per heavy atom. The van der Waals surface area contributed by atoms with Gasteiger partial charge in [0.2, 0.25) is 0 Å². The maximum absolute atomic E-state index is 13.8. The number of nitrogens with two attached hydrogens (primary N) is 1. The van der Waals surface area contributed by atoms with Crippen LogP contribution >= 0.6 is 15.9 Å². The van der Waals surface area contributed by atoms with Crippen LogP contribution in [0.1, 0.15) is 17.2 Å². The summed E-state index contributed by atoms with van der Waals surface area (Å²) < 4.78 is 14.6. The van der Waals surface area contributed by atoms with Crippen LogP contribution in [0.2, 0.25) is 0 Å². The van der Waals surface area contributed by atoms with Gasteiger partial charge in [0.25, 0.3) is 0 Å². The largest absolute Gasteiger partial charge is 0.271 e. The third-order valence-electron chi connectivity index (χ3n) is 2.48. The molecule has 1 aromatic carbocycles. The summed E-state index contributed by atoms with van der Waals surface area (Å²) in [5.74, 6) is 5.21. The van der Waals surface area contributed by atoms with Crippen LogP contribution in [0.3, 0.4) is 0 Å². The zero-order valence-electron chi connectivity index (χ0n) is 8.90. The van der Waals surface area contributed by atoms with Gasteiger partial charge < -0.3 is 0 Å². The third-order valence-corrected chi connectivity index (χ3v) is 2.97. The van der Waals surface area contributed by atoms with E-state index in [1.54, 1.807) is 36.7 Å². The predicted molar refractivity (Wildman–Crippen MR) is 67.5 cm³/mol. The Hall–Kier alpha value is -1.30. The summed E-state index contributed by atoms with van der Waals surface area (Å²) in [6.45, 7) is 0. The lowest BCUT2D eigenvalue weighted by molar-refractivity contribution is 0.559. The molecule has 2 aromatic rings. The molecule has 0 amide bonds. The molecule has 0 bridgehead atoms. The van der Waals surface area contributed by atoms with Crippen molar-refractivity contribution in [2.75, 3.05) is 0 Å². The summed E-state index contributed by atoms with van der Waals surface area (Å²) in [6.07, 6.45) is 3.30. The quantitative estimate of drug-likeness (QED) is 0.676. The molecular formula is C12H11BrFN3. The average Bonchev–Trinajstić information content (AvgIpc) is 2.36. The Labute approximate surface area is 107 Å². The normalized spacial score (nSPS) is 12.4. The summed E-state index contributed by atoms with van der Waals surface area (Å²) >= 11 is 3.32. The number of nitrogens with zero attached hydrogens (tertiary/aromatic N) is 1. The van der Waals surface area contributed by atoms with Crippen molar-refractivity contribution < 1.29 is 4.39 Å². The number of hydrogen-bond acceptors (Lipinski definition) is 3. The minimum atomic E-state index is -0.393. The lowest BCUT2D eigenvalue weighted by Crippen LogP contribution is -2.29. The van der Waals surface area contributed by atoms with Gasteiger partial charge in [-0.3, -0.25) is 10.8 Å². The van der Waals surface area contributed by atoms with Crippen molar-refractivity contribution in [3.05, 3.63) is 64.1 Å². The number of nitrogens with one attached hydrogen (secondary N) is 1. The van der Waals surface area contributed by atoms with Gasteiger partial charge in [-0.2, -0.15) is 0 Å². The fourth-order valence-corrected chi connectivity index (χ4v) is 2.04. The van der Waals surface area contributed by atoms with E-state index in [2.05, 4.69) is 26.3 Å². The van der Waals surface area contributed by atoms with Crippen LogP contribution in [0, 0.1) is 5.82 Å². The maximum atomic E-state index is 13.8. The minimum Gasteiger partial charge on any atom is -0.271 e. The SMILES string of the molecule is NNC(c1ccncc1)c1cc(Br)ccc1F. The van der Waals surface area contributed by atoms with Gasteiger partial charge in [0.15, 0.2) is 0 Å². The summed E-state index contributed by atoms with van der Waals surface area (Å²) in [7, 11) is 0. The number of halogens is 2. The highest BCUT2D eigenvalue weighted by Crippen LogP contribution is 2.26. The summed E-state index contributed by atoms with van der Waals surface area (Å²) in [4.78, 5) is 3.92. The molecule has 0 spiro atoms. The number of hydrogen-bond donors (Lipinski definition) is 2. The molecule has 1 aromatic heterocycles. The van der Waals surface area contributed by atoms with Crippen LogP contribution in [-0.2, 0) is 0 Å². The summed E-state index contributed by atoms with van der Waals surface area (Å²) in [6, 6.07) is 7.97. The van der Waals surface area contributed by atoms with Gasteiger partial charge in [-0.05, 0) is 35.9 Å². The zero-order valence-corrected chi connectivity index (χ0v) is 10.5. The first-order valence-corrected chi connectivity index (χ1v) is 5.82. The highest BCUT2D eigenvalue weighted by molar-refractivity contribution is 9.10. The Bertz CT molecular complexity index is 504. The van der Waals surface area contributed by atoms with E-state index in [9.17, 15) is 4.39 Å². The van der Waals surface area contributed by atoms with Gasteiger partial charge in [-0.25, -0.2) is 9.82 Å². The number of benzene rings is 1. The lowest BCUT2D eigenvalue weighted by Gasteiger charge is -2.17. The second-order valence-corrected chi connectivity index (χ2v) is 4.46. The van der Waals surface area contributed by atoms with E-state index in [0.717, 1.165) is 10.0 Å². The molecule has 1 heterocycles. The van der Waals surface area contributed by atoms with Gasteiger partial charge in [-0.15, -0.1) is 0 Å². The second kappa shape index (κ2) is 5.35. The van der Waals surface area contributed by atoms with Crippen LogP contribution in [0.5, 0.6) is 0 Å².